The van der Waals surface area contributed by atoms with E-state index in [1.165, 1.54) is 0 Å². The monoisotopic (exact) mass is 393 g/mol. The summed E-state index contributed by atoms with van der Waals surface area (Å²) >= 11 is 1.61. The van der Waals surface area contributed by atoms with Crippen LogP contribution >= 0.6 is 11.3 Å². The van der Waals surface area contributed by atoms with Gasteiger partial charge in [0, 0.05) is 30.6 Å². The van der Waals surface area contributed by atoms with Crippen LogP contribution in [0.3, 0.4) is 0 Å². The Balaban J connectivity index is 1.68. The summed E-state index contributed by atoms with van der Waals surface area (Å²) in [6.45, 7) is 1.81. The lowest BCUT2D eigenvalue weighted by molar-refractivity contribution is -0.135. The average Bonchev–Trinajstić information content (AvgIpc) is 3.19. The molecule has 1 aromatic carbocycles. The van der Waals surface area contributed by atoms with Gasteiger partial charge in [0.25, 0.3) is 0 Å². The molecule has 7 heteroatoms. The standard InChI is InChI=1S/C19H23NO4S2/c21-19(10-14-26(22,23)18-6-2-1-3-7-18)20(15-17-5-4-13-25-17)16-8-11-24-12-9-16/h1-7,13,16H,8-12,14-15H2. The summed E-state index contributed by atoms with van der Waals surface area (Å²) in [4.78, 5) is 16.1. The molecule has 0 N–H and O–H groups in total. The van der Waals surface area contributed by atoms with Gasteiger partial charge in [-0.3, -0.25) is 4.79 Å². The maximum Gasteiger partial charge on any atom is 0.224 e. The Kier molecular flexibility index (Phi) is 6.45. The van der Waals surface area contributed by atoms with Gasteiger partial charge in [0.2, 0.25) is 5.91 Å². The van der Waals surface area contributed by atoms with Gasteiger partial charge in [-0.05, 0) is 36.4 Å². The maximum atomic E-state index is 12.9. The van der Waals surface area contributed by atoms with Crippen LogP contribution in [-0.2, 0) is 25.9 Å². The first-order valence-electron chi connectivity index (χ1n) is 8.74. The Bertz CT molecular complexity index is 797. The van der Waals surface area contributed by atoms with E-state index < -0.39 is 9.84 Å². The molecule has 0 radical (unpaired) electrons. The number of carbonyl (C=O) groups excluding carboxylic acids is 1. The largest absolute Gasteiger partial charge is 0.381 e. The number of hydrogen-bond acceptors (Lipinski definition) is 5. The summed E-state index contributed by atoms with van der Waals surface area (Å²) in [7, 11) is -3.45. The molecule has 0 aliphatic carbocycles. The molecule has 0 unspecified atom stereocenters. The molecule has 0 bridgehead atoms. The number of amides is 1. The third kappa shape index (κ3) is 4.93. The minimum atomic E-state index is -3.45. The molecule has 1 fully saturated rings. The minimum Gasteiger partial charge on any atom is -0.381 e. The Hall–Kier alpha value is -1.70. The number of benzene rings is 1. The van der Waals surface area contributed by atoms with Crippen molar-refractivity contribution >= 4 is 27.1 Å². The maximum absolute atomic E-state index is 12.9. The Labute approximate surface area is 158 Å². The molecule has 2 aromatic rings. The van der Waals surface area contributed by atoms with Crippen molar-refractivity contribution in [3.05, 3.63) is 52.7 Å². The fourth-order valence-electron chi connectivity index (χ4n) is 3.10. The van der Waals surface area contributed by atoms with Crippen LogP contribution in [0.4, 0.5) is 0 Å². The molecule has 3 rings (SSSR count). The van der Waals surface area contributed by atoms with Gasteiger partial charge < -0.3 is 9.64 Å². The van der Waals surface area contributed by atoms with E-state index in [2.05, 4.69) is 0 Å². The first-order valence-corrected chi connectivity index (χ1v) is 11.3. The second-order valence-corrected chi connectivity index (χ2v) is 9.47. The molecule has 140 valence electrons. The molecule has 26 heavy (non-hydrogen) atoms. The van der Waals surface area contributed by atoms with E-state index in [0.29, 0.717) is 19.8 Å². The van der Waals surface area contributed by atoms with Gasteiger partial charge in [-0.2, -0.15) is 0 Å². The third-order valence-corrected chi connectivity index (χ3v) is 7.14. The zero-order valence-electron chi connectivity index (χ0n) is 14.5. The van der Waals surface area contributed by atoms with Gasteiger partial charge in [0.15, 0.2) is 9.84 Å². The van der Waals surface area contributed by atoms with Crippen LogP contribution in [0.25, 0.3) is 0 Å². The molecule has 0 atom stereocenters. The summed E-state index contributed by atoms with van der Waals surface area (Å²) in [6, 6.07) is 12.4. The van der Waals surface area contributed by atoms with Crippen LogP contribution in [0.1, 0.15) is 24.1 Å². The molecule has 1 aliphatic heterocycles. The molecule has 1 aromatic heterocycles. The summed E-state index contributed by atoms with van der Waals surface area (Å²) in [5, 5.41) is 1.99. The summed E-state index contributed by atoms with van der Waals surface area (Å²) in [6.07, 6.45) is 1.59. The second kappa shape index (κ2) is 8.79. The van der Waals surface area contributed by atoms with Gasteiger partial charge in [-0.25, -0.2) is 8.42 Å². The average molecular weight is 394 g/mol. The Morgan fingerprint density at radius 3 is 2.50 bits per heavy atom. The van der Waals surface area contributed by atoms with Crippen LogP contribution in [0.15, 0.2) is 52.7 Å². The van der Waals surface area contributed by atoms with Crippen molar-refractivity contribution < 1.29 is 17.9 Å². The van der Waals surface area contributed by atoms with Crippen molar-refractivity contribution in [3.8, 4) is 0 Å². The van der Waals surface area contributed by atoms with Gasteiger partial charge in [-0.1, -0.05) is 24.3 Å². The van der Waals surface area contributed by atoms with Crippen molar-refractivity contribution in [2.45, 2.75) is 36.7 Å². The van der Waals surface area contributed by atoms with E-state index in [9.17, 15) is 13.2 Å². The molecule has 1 aliphatic rings. The van der Waals surface area contributed by atoms with E-state index in [1.54, 1.807) is 41.7 Å². The van der Waals surface area contributed by atoms with Crippen molar-refractivity contribution in [2.24, 2.45) is 0 Å². The first-order chi connectivity index (χ1) is 12.6. The van der Waals surface area contributed by atoms with Crippen LogP contribution in [0.2, 0.25) is 0 Å². The lowest BCUT2D eigenvalue weighted by Gasteiger charge is -2.34. The Morgan fingerprint density at radius 1 is 1.12 bits per heavy atom. The van der Waals surface area contributed by atoms with E-state index in [4.69, 9.17) is 4.74 Å². The number of nitrogens with zero attached hydrogens (tertiary/aromatic N) is 1. The van der Waals surface area contributed by atoms with E-state index >= 15 is 0 Å². The Morgan fingerprint density at radius 2 is 1.85 bits per heavy atom. The number of hydrogen-bond donors (Lipinski definition) is 0. The van der Waals surface area contributed by atoms with Crippen molar-refractivity contribution in [1.82, 2.24) is 4.90 Å². The highest BCUT2D eigenvalue weighted by atomic mass is 32.2. The fraction of sp³-hybridized carbons (Fsp3) is 0.421. The van der Waals surface area contributed by atoms with Crippen molar-refractivity contribution in [3.63, 3.8) is 0 Å². The highest BCUT2D eigenvalue weighted by molar-refractivity contribution is 7.91. The molecular weight excluding hydrogens is 370 g/mol. The van der Waals surface area contributed by atoms with Crippen LogP contribution in [0, 0.1) is 0 Å². The molecule has 1 saturated heterocycles. The normalized spacial score (nSPS) is 15.7. The lowest BCUT2D eigenvalue weighted by Crippen LogP contribution is -2.43. The zero-order chi connectivity index (χ0) is 18.4. The zero-order valence-corrected chi connectivity index (χ0v) is 16.2. The molecular formula is C19H23NO4S2. The highest BCUT2D eigenvalue weighted by Crippen LogP contribution is 2.21. The smallest absolute Gasteiger partial charge is 0.224 e. The number of ether oxygens (including phenoxy) is 1. The van der Waals surface area contributed by atoms with Crippen LogP contribution < -0.4 is 0 Å². The van der Waals surface area contributed by atoms with Crippen molar-refractivity contribution in [2.75, 3.05) is 19.0 Å². The minimum absolute atomic E-state index is 0.0000397. The highest BCUT2D eigenvalue weighted by Gasteiger charge is 2.27. The third-order valence-electron chi connectivity index (χ3n) is 4.55. The topological polar surface area (TPSA) is 63.7 Å². The molecule has 0 saturated carbocycles. The van der Waals surface area contributed by atoms with Gasteiger partial charge >= 0.3 is 0 Å². The molecule has 2 heterocycles. The van der Waals surface area contributed by atoms with Gasteiger partial charge in [0.05, 0.1) is 17.2 Å². The summed E-state index contributed by atoms with van der Waals surface area (Å²) in [5.41, 5.74) is 0. The second-order valence-electron chi connectivity index (χ2n) is 6.33. The number of sulfone groups is 1. The van der Waals surface area contributed by atoms with Gasteiger partial charge in [0.1, 0.15) is 0 Å². The number of rotatable bonds is 7. The molecule has 0 spiro atoms. The summed E-state index contributed by atoms with van der Waals surface area (Å²) in [5.74, 6) is -0.273. The van der Waals surface area contributed by atoms with Crippen molar-refractivity contribution in [1.29, 1.82) is 0 Å². The van der Waals surface area contributed by atoms with Gasteiger partial charge in [-0.15, -0.1) is 11.3 Å². The van der Waals surface area contributed by atoms with Crippen LogP contribution in [-0.4, -0.2) is 44.2 Å². The van der Waals surface area contributed by atoms with E-state index in [-0.39, 0.29) is 29.0 Å². The van der Waals surface area contributed by atoms with E-state index in [0.717, 1.165) is 17.7 Å². The lowest BCUT2D eigenvalue weighted by atomic mass is 10.1. The predicted molar refractivity (Wildman–Crippen MR) is 102 cm³/mol. The summed E-state index contributed by atoms with van der Waals surface area (Å²) < 4.78 is 30.3. The fourth-order valence-corrected chi connectivity index (χ4v) is 5.05. The van der Waals surface area contributed by atoms with Crippen LogP contribution in [0.5, 0.6) is 0 Å². The molecule has 5 nitrogen and oxygen atoms in total. The predicted octanol–water partition coefficient (Wildman–Crippen LogP) is 3.12. The number of carbonyl (C=O) groups is 1. The number of thiophene rings is 1. The molecule has 1 amide bonds. The quantitative estimate of drug-likeness (QED) is 0.725. The van der Waals surface area contributed by atoms with E-state index in [1.807, 2.05) is 22.4 Å². The SMILES string of the molecule is O=C(CCS(=O)(=O)c1ccccc1)N(Cc1cccs1)C1CCOCC1. The first kappa shape index (κ1) is 19.1.